The van der Waals surface area contributed by atoms with Crippen molar-refractivity contribution in [1.29, 1.82) is 0 Å². The Labute approximate surface area is 122 Å². The van der Waals surface area contributed by atoms with Gasteiger partial charge in [0.25, 0.3) is 0 Å². The van der Waals surface area contributed by atoms with Crippen molar-refractivity contribution in [2.45, 2.75) is 32.2 Å². The van der Waals surface area contributed by atoms with Crippen LogP contribution >= 0.6 is 11.6 Å². The maximum absolute atomic E-state index is 12.0. The van der Waals surface area contributed by atoms with Gasteiger partial charge in [0, 0.05) is 10.6 Å². The average Bonchev–Trinajstić information content (AvgIpc) is 2.38. The highest BCUT2D eigenvalue weighted by Gasteiger charge is 2.32. The van der Waals surface area contributed by atoms with Crippen LogP contribution < -0.4 is 10.1 Å². The van der Waals surface area contributed by atoms with Gasteiger partial charge in [-0.2, -0.15) is 0 Å². The summed E-state index contributed by atoms with van der Waals surface area (Å²) < 4.78 is 5.15. The van der Waals surface area contributed by atoms with Crippen LogP contribution in [0, 0.1) is 0 Å². The number of aliphatic carboxylic acids is 1. The highest BCUT2D eigenvalue weighted by Crippen LogP contribution is 2.23. The summed E-state index contributed by atoms with van der Waals surface area (Å²) >= 11 is 5.89. The molecule has 0 fully saturated rings. The number of hydrogen-bond acceptors (Lipinski definition) is 3. The van der Waals surface area contributed by atoms with Crippen molar-refractivity contribution in [3.8, 4) is 5.75 Å². The summed E-state index contributed by atoms with van der Waals surface area (Å²) in [5.74, 6) is -0.915. The summed E-state index contributed by atoms with van der Waals surface area (Å²) in [6, 6.07) is 4.96. The first-order chi connectivity index (χ1) is 9.32. The van der Waals surface area contributed by atoms with Crippen LogP contribution in [0.1, 0.15) is 25.8 Å². The Morgan fingerprint density at radius 1 is 1.45 bits per heavy atom. The maximum Gasteiger partial charge on any atom is 0.329 e. The zero-order valence-corrected chi connectivity index (χ0v) is 12.5. The summed E-state index contributed by atoms with van der Waals surface area (Å²) in [5.41, 5.74) is -0.663. The van der Waals surface area contributed by atoms with Gasteiger partial charge in [-0.15, -0.1) is 0 Å². The van der Waals surface area contributed by atoms with E-state index in [1.54, 1.807) is 25.1 Å². The summed E-state index contributed by atoms with van der Waals surface area (Å²) in [7, 11) is 1.50. The van der Waals surface area contributed by atoms with Gasteiger partial charge in [-0.3, -0.25) is 4.79 Å². The Morgan fingerprint density at radius 2 is 2.10 bits per heavy atom. The van der Waals surface area contributed by atoms with E-state index in [1.165, 1.54) is 14.0 Å². The number of carbonyl (C=O) groups is 2. The van der Waals surface area contributed by atoms with Gasteiger partial charge in [-0.1, -0.05) is 18.5 Å². The first-order valence-electron chi connectivity index (χ1n) is 6.19. The van der Waals surface area contributed by atoms with Crippen molar-refractivity contribution in [2.75, 3.05) is 7.11 Å². The normalized spacial score (nSPS) is 13.4. The van der Waals surface area contributed by atoms with Gasteiger partial charge in [0.15, 0.2) is 0 Å². The fraction of sp³-hybridized carbons (Fsp3) is 0.429. The largest absolute Gasteiger partial charge is 0.496 e. The molecule has 0 aliphatic rings. The summed E-state index contributed by atoms with van der Waals surface area (Å²) in [6.07, 6.45) is 0.299. The maximum atomic E-state index is 12.0. The number of rotatable bonds is 6. The fourth-order valence-corrected chi connectivity index (χ4v) is 1.90. The number of carboxylic acids is 1. The second-order valence-corrected chi connectivity index (χ2v) is 5.11. The van der Waals surface area contributed by atoms with Crippen LogP contribution in [0.2, 0.25) is 5.02 Å². The number of hydrogen-bond donors (Lipinski definition) is 2. The molecule has 0 aliphatic carbocycles. The summed E-state index contributed by atoms with van der Waals surface area (Å²) in [6.45, 7) is 3.18. The van der Waals surface area contributed by atoms with E-state index in [9.17, 15) is 9.59 Å². The summed E-state index contributed by atoms with van der Waals surface area (Å²) in [4.78, 5) is 23.2. The van der Waals surface area contributed by atoms with Gasteiger partial charge in [0.2, 0.25) is 5.91 Å². The van der Waals surface area contributed by atoms with Crippen molar-refractivity contribution in [3.05, 3.63) is 28.8 Å². The van der Waals surface area contributed by atoms with Gasteiger partial charge in [-0.25, -0.2) is 4.79 Å². The van der Waals surface area contributed by atoms with Gasteiger partial charge in [0.1, 0.15) is 11.3 Å². The SMILES string of the molecule is CCC(C)(NC(=O)Cc1cc(Cl)ccc1OC)C(=O)O. The molecule has 5 nitrogen and oxygen atoms in total. The molecule has 20 heavy (non-hydrogen) atoms. The predicted octanol–water partition coefficient (Wildman–Crippen LogP) is 2.26. The Bertz CT molecular complexity index is 518. The molecular formula is C14H18ClNO4. The Hall–Kier alpha value is -1.75. The second-order valence-electron chi connectivity index (χ2n) is 4.67. The smallest absolute Gasteiger partial charge is 0.329 e. The Balaban J connectivity index is 2.86. The van der Waals surface area contributed by atoms with Gasteiger partial charge in [-0.05, 0) is 31.5 Å². The van der Waals surface area contributed by atoms with Gasteiger partial charge in [0.05, 0.1) is 13.5 Å². The number of ether oxygens (including phenoxy) is 1. The molecule has 0 heterocycles. The highest BCUT2D eigenvalue weighted by atomic mass is 35.5. The second kappa shape index (κ2) is 6.61. The van der Waals surface area contributed by atoms with E-state index in [4.69, 9.17) is 21.4 Å². The van der Waals surface area contributed by atoms with Crippen molar-refractivity contribution >= 4 is 23.5 Å². The molecule has 1 unspecified atom stereocenters. The number of nitrogens with one attached hydrogen (secondary N) is 1. The van der Waals surface area contributed by atoms with E-state index in [1.807, 2.05) is 0 Å². The predicted molar refractivity (Wildman–Crippen MR) is 76.2 cm³/mol. The van der Waals surface area contributed by atoms with E-state index in [-0.39, 0.29) is 6.42 Å². The van der Waals surface area contributed by atoms with Gasteiger partial charge >= 0.3 is 5.97 Å². The standard InChI is InChI=1S/C14H18ClNO4/c1-4-14(2,13(18)19)16-12(17)8-9-7-10(15)5-6-11(9)20-3/h5-7H,4,8H2,1-3H3,(H,16,17)(H,18,19). The van der Waals surface area contributed by atoms with Crippen molar-refractivity contribution < 1.29 is 19.4 Å². The molecule has 6 heteroatoms. The minimum absolute atomic E-state index is 0.00655. The molecule has 0 saturated heterocycles. The average molecular weight is 300 g/mol. The first-order valence-corrected chi connectivity index (χ1v) is 6.57. The zero-order valence-electron chi connectivity index (χ0n) is 11.7. The molecule has 0 aromatic heterocycles. The molecule has 1 rings (SSSR count). The van der Waals surface area contributed by atoms with Crippen molar-refractivity contribution in [2.24, 2.45) is 0 Å². The number of carboxylic acid groups (broad SMARTS) is 1. The molecule has 1 amide bonds. The lowest BCUT2D eigenvalue weighted by atomic mass is 9.98. The molecule has 0 radical (unpaired) electrons. The quantitative estimate of drug-likeness (QED) is 0.845. The van der Waals surface area contributed by atoms with E-state index in [0.29, 0.717) is 22.8 Å². The number of halogens is 1. The molecule has 1 atom stereocenters. The molecule has 0 bridgehead atoms. The molecule has 1 aromatic carbocycles. The molecule has 1 aromatic rings. The van der Waals surface area contributed by atoms with Crippen molar-refractivity contribution in [3.63, 3.8) is 0 Å². The minimum Gasteiger partial charge on any atom is -0.496 e. The monoisotopic (exact) mass is 299 g/mol. The van der Waals surface area contributed by atoms with Crippen LogP contribution in [-0.2, 0) is 16.0 Å². The van der Waals surface area contributed by atoms with Crippen LogP contribution in [0.4, 0.5) is 0 Å². The molecule has 2 N–H and O–H groups in total. The van der Waals surface area contributed by atoms with E-state index in [2.05, 4.69) is 5.32 Å². The molecular weight excluding hydrogens is 282 g/mol. The van der Waals surface area contributed by atoms with E-state index < -0.39 is 17.4 Å². The lowest BCUT2D eigenvalue weighted by Gasteiger charge is -2.24. The molecule has 110 valence electrons. The third kappa shape index (κ3) is 3.87. The molecule has 0 aliphatic heterocycles. The van der Waals surface area contributed by atoms with Crippen LogP contribution in [0.25, 0.3) is 0 Å². The third-order valence-corrected chi connectivity index (χ3v) is 3.42. The van der Waals surface area contributed by atoms with Crippen LogP contribution in [0.15, 0.2) is 18.2 Å². The Kier molecular flexibility index (Phi) is 5.39. The fourth-order valence-electron chi connectivity index (χ4n) is 1.70. The minimum atomic E-state index is -1.27. The van der Waals surface area contributed by atoms with E-state index in [0.717, 1.165) is 0 Å². The number of benzene rings is 1. The first kappa shape index (κ1) is 16.3. The highest BCUT2D eigenvalue weighted by molar-refractivity contribution is 6.30. The zero-order chi connectivity index (χ0) is 15.3. The van der Waals surface area contributed by atoms with E-state index >= 15 is 0 Å². The Morgan fingerprint density at radius 3 is 2.60 bits per heavy atom. The number of methoxy groups -OCH3 is 1. The lowest BCUT2D eigenvalue weighted by molar-refractivity contribution is -0.146. The van der Waals surface area contributed by atoms with Crippen LogP contribution in [0.5, 0.6) is 5.75 Å². The molecule has 0 saturated carbocycles. The number of amides is 1. The van der Waals surface area contributed by atoms with Crippen LogP contribution in [-0.4, -0.2) is 29.6 Å². The molecule has 0 spiro atoms. The summed E-state index contributed by atoms with van der Waals surface area (Å²) in [5, 5.41) is 12.1. The number of carbonyl (C=O) groups excluding carboxylic acids is 1. The van der Waals surface area contributed by atoms with Gasteiger partial charge < -0.3 is 15.2 Å². The van der Waals surface area contributed by atoms with Crippen molar-refractivity contribution in [1.82, 2.24) is 5.32 Å². The lowest BCUT2D eigenvalue weighted by Crippen LogP contribution is -2.52. The topological polar surface area (TPSA) is 75.6 Å². The third-order valence-electron chi connectivity index (χ3n) is 3.19. The van der Waals surface area contributed by atoms with Crippen LogP contribution in [0.3, 0.4) is 0 Å².